The molecule has 0 heterocycles. The Morgan fingerprint density at radius 2 is 1.90 bits per heavy atom. The van der Waals surface area contributed by atoms with E-state index in [0.717, 1.165) is 0 Å². The van der Waals surface area contributed by atoms with E-state index in [4.69, 9.17) is 21.1 Å². The Morgan fingerprint density at radius 1 is 1.24 bits per heavy atom. The average molecular weight is 376 g/mol. The van der Waals surface area contributed by atoms with Crippen LogP contribution in [0.4, 0.5) is 4.39 Å². The number of hydrogen-bond acceptors (Lipinski definition) is 3. The molecular weight excluding hydrogens is 363 g/mol. The van der Waals surface area contributed by atoms with Gasteiger partial charge in [0.15, 0.2) is 0 Å². The average Bonchev–Trinajstić information content (AvgIpc) is 2.44. The van der Waals surface area contributed by atoms with Crippen LogP contribution in [0, 0.1) is 5.82 Å². The Morgan fingerprint density at radius 3 is 2.52 bits per heavy atom. The summed E-state index contributed by atoms with van der Waals surface area (Å²) in [6.45, 7) is 1.60. The Hall–Kier alpha value is -1.30. The van der Waals surface area contributed by atoms with Crippen LogP contribution in [0.3, 0.4) is 0 Å². The van der Waals surface area contributed by atoms with Crippen LogP contribution in [0.5, 0.6) is 17.2 Å². The molecular formula is C15H13BrClFO3. The number of aliphatic hydroxyl groups excluding tert-OH is 1. The van der Waals surface area contributed by atoms with E-state index < -0.39 is 11.9 Å². The predicted molar refractivity (Wildman–Crippen MR) is 82.8 cm³/mol. The molecule has 21 heavy (non-hydrogen) atoms. The van der Waals surface area contributed by atoms with Gasteiger partial charge in [-0.2, -0.15) is 0 Å². The van der Waals surface area contributed by atoms with Gasteiger partial charge in [0.2, 0.25) is 0 Å². The fraction of sp³-hybridized carbons (Fsp3) is 0.200. The van der Waals surface area contributed by atoms with Crippen molar-refractivity contribution in [1.82, 2.24) is 0 Å². The fourth-order valence-corrected chi connectivity index (χ4v) is 2.62. The highest BCUT2D eigenvalue weighted by molar-refractivity contribution is 9.10. The molecule has 0 fully saturated rings. The topological polar surface area (TPSA) is 38.7 Å². The lowest BCUT2D eigenvalue weighted by molar-refractivity contribution is 0.190. The molecule has 0 saturated carbocycles. The van der Waals surface area contributed by atoms with Gasteiger partial charge in [-0.15, -0.1) is 0 Å². The number of halogens is 3. The van der Waals surface area contributed by atoms with E-state index in [-0.39, 0.29) is 10.8 Å². The van der Waals surface area contributed by atoms with Crippen LogP contribution in [0.15, 0.2) is 34.8 Å². The molecule has 2 rings (SSSR count). The maximum absolute atomic E-state index is 13.6. The minimum atomic E-state index is -0.799. The highest BCUT2D eigenvalue weighted by Crippen LogP contribution is 2.39. The van der Waals surface area contributed by atoms with Gasteiger partial charge in [-0.3, -0.25) is 0 Å². The van der Waals surface area contributed by atoms with E-state index >= 15 is 0 Å². The van der Waals surface area contributed by atoms with Gasteiger partial charge in [-0.1, -0.05) is 17.7 Å². The summed E-state index contributed by atoms with van der Waals surface area (Å²) < 4.78 is 25.0. The molecule has 0 aliphatic rings. The second kappa shape index (κ2) is 6.64. The molecule has 0 radical (unpaired) electrons. The number of aliphatic hydroxyl groups is 1. The second-order valence-electron chi connectivity index (χ2n) is 4.35. The molecule has 3 nitrogen and oxygen atoms in total. The molecule has 0 aliphatic carbocycles. The van der Waals surface area contributed by atoms with E-state index in [1.54, 1.807) is 25.1 Å². The van der Waals surface area contributed by atoms with Crippen molar-refractivity contribution in [1.29, 1.82) is 0 Å². The number of rotatable bonds is 4. The first-order valence-electron chi connectivity index (χ1n) is 6.11. The Labute approximate surface area is 135 Å². The molecule has 0 spiro atoms. The summed E-state index contributed by atoms with van der Waals surface area (Å²) in [5.41, 5.74) is 0.488. The zero-order chi connectivity index (χ0) is 15.6. The smallest absolute Gasteiger partial charge is 0.145 e. The zero-order valence-electron chi connectivity index (χ0n) is 11.4. The predicted octanol–water partition coefficient (Wildman–Crippen LogP) is 5.10. The van der Waals surface area contributed by atoms with Crippen molar-refractivity contribution in [2.75, 3.05) is 7.11 Å². The first kappa shape index (κ1) is 16.1. The molecule has 0 unspecified atom stereocenters. The van der Waals surface area contributed by atoms with Crippen LogP contribution in [-0.2, 0) is 0 Å². The number of hydrogen-bond donors (Lipinski definition) is 1. The van der Waals surface area contributed by atoms with Gasteiger partial charge in [0.25, 0.3) is 0 Å². The van der Waals surface area contributed by atoms with Crippen molar-refractivity contribution in [2.24, 2.45) is 0 Å². The normalized spacial score (nSPS) is 12.1. The molecule has 0 bridgehead atoms. The third-order valence-corrected chi connectivity index (χ3v) is 3.77. The molecule has 112 valence electrons. The second-order valence-corrected chi connectivity index (χ2v) is 5.61. The van der Waals surface area contributed by atoms with Crippen LogP contribution in [0.25, 0.3) is 0 Å². The van der Waals surface area contributed by atoms with Crippen LogP contribution >= 0.6 is 27.5 Å². The summed E-state index contributed by atoms with van der Waals surface area (Å²) in [4.78, 5) is 0. The molecule has 1 N–H and O–H groups in total. The van der Waals surface area contributed by atoms with Crippen LogP contribution in [0.1, 0.15) is 18.6 Å². The minimum absolute atomic E-state index is 0.00406. The third-order valence-electron chi connectivity index (χ3n) is 2.86. The SMILES string of the molecule is COc1cccc(Oc2cc(F)c(Cl)cc2Br)c1[C@H](C)O. The summed E-state index contributed by atoms with van der Waals surface area (Å²) in [7, 11) is 1.50. The number of ether oxygens (including phenoxy) is 2. The van der Waals surface area contributed by atoms with Crippen molar-refractivity contribution in [3.05, 3.63) is 51.2 Å². The molecule has 2 aromatic rings. The molecule has 2 aromatic carbocycles. The minimum Gasteiger partial charge on any atom is -0.496 e. The Kier molecular flexibility index (Phi) is 5.08. The Bertz CT molecular complexity index is 662. The molecule has 0 aliphatic heterocycles. The van der Waals surface area contributed by atoms with Gasteiger partial charge in [0.05, 0.1) is 28.3 Å². The van der Waals surface area contributed by atoms with E-state index in [2.05, 4.69) is 15.9 Å². The van der Waals surface area contributed by atoms with Crippen LogP contribution in [0.2, 0.25) is 5.02 Å². The molecule has 0 saturated heterocycles. The van der Waals surface area contributed by atoms with E-state index in [1.165, 1.54) is 19.2 Å². The highest BCUT2D eigenvalue weighted by atomic mass is 79.9. The summed E-state index contributed by atoms with van der Waals surface area (Å²) in [5.74, 6) is 0.545. The first-order chi connectivity index (χ1) is 9.93. The Balaban J connectivity index is 2.47. The molecule has 1 atom stereocenters. The van der Waals surface area contributed by atoms with E-state index in [9.17, 15) is 9.50 Å². The quantitative estimate of drug-likeness (QED) is 0.756. The summed E-state index contributed by atoms with van der Waals surface area (Å²) in [5, 5.41) is 9.89. The van der Waals surface area contributed by atoms with Crippen molar-refractivity contribution >= 4 is 27.5 Å². The van der Waals surface area contributed by atoms with Crippen molar-refractivity contribution in [3.8, 4) is 17.2 Å². The maximum Gasteiger partial charge on any atom is 0.145 e. The number of methoxy groups -OCH3 is 1. The van der Waals surface area contributed by atoms with Gasteiger partial charge in [0.1, 0.15) is 23.1 Å². The third kappa shape index (κ3) is 3.48. The highest BCUT2D eigenvalue weighted by Gasteiger charge is 2.17. The van der Waals surface area contributed by atoms with Gasteiger partial charge in [-0.05, 0) is 41.1 Å². The molecule has 0 aromatic heterocycles. The lowest BCUT2D eigenvalue weighted by Gasteiger charge is -2.17. The first-order valence-corrected chi connectivity index (χ1v) is 7.28. The van der Waals surface area contributed by atoms with Crippen molar-refractivity contribution in [3.63, 3.8) is 0 Å². The summed E-state index contributed by atoms with van der Waals surface area (Å²) in [6, 6.07) is 7.70. The van der Waals surface area contributed by atoms with E-state index in [0.29, 0.717) is 21.5 Å². The lowest BCUT2D eigenvalue weighted by atomic mass is 10.1. The molecule has 0 amide bonds. The van der Waals surface area contributed by atoms with E-state index in [1.807, 2.05) is 0 Å². The maximum atomic E-state index is 13.6. The van der Waals surface area contributed by atoms with Gasteiger partial charge in [-0.25, -0.2) is 4.39 Å². The molecule has 6 heteroatoms. The van der Waals surface area contributed by atoms with Crippen molar-refractivity contribution in [2.45, 2.75) is 13.0 Å². The fourth-order valence-electron chi connectivity index (χ4n) is 1.90. The van der Waals surface area contributed by atoms with Crippen LogP contribution in [-0.4, -0.2) is 12.2 Å². The summed E-state index contributed by atoms with van der Waals surface area (Å²) >= 11 is 8.96. The summed E-state index contributed by atoms with van der Waals surface area (Å²) in [6.07, 6.45) is -0.799. The lowest BCUT2D eigenvalue weighted by Crippen LogP contribution is -2.00. The van der Waals surface area contributed by atoms with Gasteiger partial charge in [0, 0.05) is 6.07 Å². The zero-order valence-corrected chi connectivity index (χ0v) is 13.7. The van der Waals surface area contributed by atoms with Crippen LogP contribution < -0.4 is 9.47 Å². The van der Waals surface area contributed by atoms with Gasteiger partial charge < -0.3 is 14.6 Å². The standard InChI is InChI=1S/C15H13BrClFO3/c1-8(19)15-12(20-2)4-3-5-13(15)21-14-7-11(18)10(17)6-9(14)16/h3-8,19H,1-2H3/t8-/m0/s1. The van der Waals surface area contributed by atoms with Crippen molar-refractivity contribution < 1.29 is 19.0 Å². The van der Waals surface area contributed by atoms with Gasteiger partial charge >= 0.3 is 0 Å². The number of benzene rings is 2. The monoisotopic (exact) mass is 374 g/mol. The largest absolute Gasteiger partial charge is 0.496 e.